The van der Waals surface area contributed by atoms with E-state index >= 15 is 0 Å². The SMILES string of the molecule is Cc1cc(-c2nnn(C)n2)cc(C)c1-c1ccc(F)c(CNc2cnc(C3CC3)cn2)c1. The van der Waals surface area contributed by atoms with E-state index in [9.17, 15) is 4.39 Å². The molecule has 0 aliphatic heterocycles. The van der Waals surface area contributed by atoms with Gasteiger partial charge >= 0.3 is 0 Å². The van der Waals surface area contributed by atoms with E-state index in [-0.39, 0.29) is 5.82 Å². The topological polar surface area (TPSA) is 81.4 Å². The Kier molecular flexibility index (Phi) is 5.13. The highest BCUT2D eigenvalue weighted by atomic mass is 19.1. The minimum atomic E-state index is -0.250. The average molecular weight is 430 g/mol. The molecule has 1 saturated carbocycles. The van der Waals surface area contributed by atoms with Gasteiger partial charge in [-0.15, -0.1) is 10.2 Å². The van der Waals surface area contributed by atoms with Crippen molar-refractivity contribution in [1.29, 1.82) is 0 Å². The van der Waals surface area contributed by atoms with Crippen LogP contribution in [0, 0.1) is 19.7 Å². The second-order valence-corrected chi connectivity index (χ2v) is 8.35. The van der Waals surface area contributed by atoms with E-state index in [0.29, 0.717) is 29.7 Å². The molecule has 2 aromatic heterocycles. The minimum absolute atomic E-state index is 0.250. The Bertz CT molecular complexity index is 1250. The number of hydrogen-bond donors (Lipinski definition) is 1. The largest absolute Gasteiger partial charge is 0.365 e. The van der Waals surface area contributed by atoms with Crippen LogP contribution < -0.4 is 5.32 Å². The number of benzene rings is 2. The van der Waals surface area contributed by atoms with Crippen LogP contribution in [0.2, 0.25) is 0 Å². The summed E-state index contributed by atoms with van der Waals surface area (Å²) in [6, 6.07) is 9.31. The molecule has 1 aliphatic carbocycles. The van der Waals surface area contributed by atoms with Crippen LogP contribution >= 0.6 is 0 Å². The molecule has 1 N–H and O–H groups in total. The third kappa shape index (κ3) is 4.08. The van der Waals surface area contributed by atoms with Gasteiger partial charge in [0.1, 0.15) is 11.6 Å². The fraction of sp³-hybridized carbons (Fsp3) is 0.292. The summed E-state index contributed by atoms with van der Waals surface area (Å²) in [5, 5.41) is 15.5. The van der Waals surface area contributed by atoms with E-state index in [4.69, 9.17) is 0 Å². The lowest BCUT2D eigenvalue weighted by Crippen LogP contribution is -2.05. The fourth-order valence-corrected chi connectivity index (χ4v) is 4.02. The Hall–Kier alpha value is -3.68. The summed E-state index contributed by atoms with van der Waals surface area (Å²) in [7, 11) is 1.74. The van der Waals surface area contributed by atoms with Gasteiger partial charge in [-0.1, -0.05) is 6.07 Å². The maximum atomic E-state index is 14.6. The lowest BCUT2D eigenvalue weighted by molar-refractivity contribution is 0.613. The van der Waals surface area contributed by atoms with Crippen molar-refractivity contribution < 1.29 is 4.39 Å². The van der Waals surface area contributed by atoms with Gasteiger partial charge in [0.2, 0.25) is 5.82 Å². The van der Waals surface area contributed by atoms with E-state index in [1.54, 1.807) is 13.2 Å². The summed E-state index contributed by atoms with van der Waals surface area (Å²) in [5.41, 5.74) is 6.71. The molecule has 0 atom stereocenters. The van der Waals surface area contributed by atoms with Crippen LogP contribution in [-0.2, 0) is 13.6 Å². The van der Waals surface area contributed by atoms with Crippen LogP contribution in [0.15, 0.2) is 42.7 Å². The highest BCUT2D eigenvalue weighted by Gasteiger charge is 2.25. The molecule has 7 nitrogen and oxygen atoms in total. The molecule has 8 heteroatoms. The Balaban J connectivity index is 1.39. The Morgan fingerprint density at radius 2 is 1.81 bits per heavy atom. The molecule has 0 saturated heterocycles. The number of rotatable bonds is 6. The van der Waals surface area contributed by atoms with Crippen molar-refractivity contribution in [3.05, 3.63) is 70.9 Å². The van der Waals surface area contributed by atoms with Gasteiger partial charge < -0.3 is 5.32 Å². The van der Waals surface area contributed by atoms with E-state index in [0.717, 1.165) is 33.5 Å². The Labute approximate surface area is 185 Å². The number of nitrogens with one attached hydrogen (secondary N) is 1. The zero-order valence-electron chi connectivity index (χ0n) is 18.3. The number of hydrogen-bond acceptors (Lipinski definition) is 6. The second-order valence-electron chi connectivity index (χ2n) is 8.35. The summed E-state index contributed by atoms with van der Waals surface area (Å²) in [6.07, 6.45) is 5.92. The van der Waals surface area contributed by atoms with Crippen LogP contribution in [-0.4, -0.2) is 30.2 Å². The van der Waals surface area contributed by atoms with Crippen LogP contribution in [0.25, 0.3) is 22.5 Å². The highest BCUT2D eigenvalue weighted by Crippen LogP contribution is 2.38. The molecule has 2 aromatic carbocycles. The van der Waals surface area contributed by atoms with Crippen molar-refractivity contribution in [3.8, 4) is 22.5 Å². The summed E-state index contributed by atoms with van der Waals surface area (Å²) in [4.78, 5) is 10.3. The lowest BCUT2D eigenvalue weighted by Gasteiger charge is -2.14. The van der Waals surface area contributed by atoms with Gasteiger partial charge in [-0.25, -0.2) is 9.37 Å². The Morgan fingerprint density at radius 3 is 2.44 bits per heavy atom. The van der Waals surface area contributed by atoms with Gasteiger partial charge in [0.25, 0.3) is 0 Å². The molecule has 0 radical (unpaired) electrons. The summed E-state index contributed by atoms with van der Waals surface area (Å²) in [6.45, 7) is 4.41. The van der Waals surface area contributed by atoms with Crippen molar-refractivity contribution in [3.63, 3.8) is 0 Å². The van der Waals surface area contributed by atoms with Gasteiger partial charge in [0.05, 0.1) is 25.1 Å². The van der Waals surface area contributed by atoms with Crippen molar-refractivity contribution >= 4 is 5.82 Å². The van der Waals surface area contributed by atoms with Gasteiger partial charge in [-0.2, -0.15) is 4.80 Å². The molecule has 0 amide bonds. The number of nitrogens with zero attached hydrogens (tertiary/aromatic N) is 6. The quantitative estimate of drug-likeness (QED) is 0.483. The van der Waals surface area contributed by atoms with Crippen molar-refractivity contribution in [2.24, 2.45) is 7.05 Å². The number of aromatic nitrogens is 6. The first kappa shape index (κ1) is 20.2. The molecular weight excluding hydrogens is 405 g/mol. The van der Waals surface area contributed by atoms with Crippen LogP contribution in [0.4, 0.5) is 10.2 Å². The molecule has 0 spiro atoms. The van der Waals surface area contributed by atoms with E-state index in [2.05, 4.69) is 30.7 Å². The predicted molar refractivity (Wildman–Crippen MR) is 120 cm³/mol. The molecule has 162 valence electrons. The molecule has 1 fully saturated rings. The number of halogens is 1. The minimum Gasteiger partial charge on any atom is -0.365 e. The maximum Gasteiger partial charge on any atom is 0.204 e. The van der Waals surface area contributed by atoms with Gasteiger partial charge in [-0.3, -0.25) is 4.98 Å². The van der Waals surface area contributed by atoms with Gasteiger partial charge in [0.15, 0.2) is 0 Å². The van der Waals surface area contributed by atoms with Gasteiger partial charge in [0, 0.05) is 23.6 Å². The zero-order valence-corrected chi connectivity index (χ0v) is 18.3. The smallest absolute Gasteiger partial charge is 0.204 e. The lowest BCUT2D eigenvalue weighted by atomic mass is 9.92. The highest BCUT2D eigenvalue weighted by molar-refractivity contribution is 5.75. The summed E-state index contributed by atoms with van der Waals surface area (Å²) < 4.78 is 14.6. The van der Waals surface area contributed by atoms with E-state index < -0.39 is 0 Å². The number of aryl methyl sites for hydroxylation is 3. The molecule has 1 aliphatic rings. The molecule has 2 heterocycles. The maximum absolute atomic E-state index is 14.6. The van der Waals surface area contributed by atoms with Crippen LogP contribution in [0.3, 0.4) is 0 Å². The monoisotopic (exact) mass is 429 g/mol. The first-order valence-electron chi connectivity index (χ1n) is 10.7. The molecule has 5 rings (SSSR count). The van der Waals surface area contributed by atoms with Crippen LogP contribution in [0.1, 0.15) is 41.1 Å². The third-order valence-electron chi connectivity index (χ3n) is 5.76. The Morgan fingerprint density at radius 1 is 1.03 bits per heavy atom. The molecule has 0 bridgehead atoms. The summed E-state index contributed by atoms with van der Waals surface area (Å²) in [5.74, 6) is 1.54. The predicted octanol–water partition coefficient (Wildman–Crippen LogP) is 4.58. The first-order valence-corrected chi connectivity index (χ1v) is 10.7. The molecule has 0 unspecified atom stereocenters. The van der Waals surface area contributed by atoms with Crippen molar-refractivity contribution in [1.82, 2.24) is 30.2 Å². The fourth-order valence-electron chi connectivity index (χ4n) is 4.02. The zero-order chi connectivity index (χ0) is 22.2. The number of anilines is 1. The molecule has 32 heavy (non-hydrogen) atoms. The molecular formula is C24H24FN7. The van der Waals surface area contributed by atoms with Crippen molar-refractivity contribution in [2.45, 2.75) is 39.2 Å². The first-order chi connectivity index (χ1) is 15.5. The molecule has 4 aromatic rings. The van der Waals surface area contributed by atoms with Crippen molar-refractivity contribution in [2.75, 3.05) is 5.32 Å². The van der Waals surface area contributed by atoms with Crippen LogP contribution in [0.5, 0.6) is 0 Å². The number of tetrazole rings is 1. The average Bonchev–Trinajstić information content (AvgIpc) is 3.54. The third-order valence-corrected chi connectivity index (χ3v) is 5.76. The summed E-state index contributed by atoms with van der Waals surface area (Å²) >= 11 is 0. The second kappa shape index (κ2) is 8.11. The van der Waals surface area contributed by atoms with E-state index in [1.165, 1.54) is 23.7 Å². The standard InChI is InChI=1S/C24H24FN7/c1-14-8-18(24-29-31-32(3)30-24)9-15(2)23(14)17-6-7-20(25)19(10-17)11-27-22-13-26-21(12-28-22)16-4-5-16/h6-10,12-13,16H,4-5,11H2,1-3H3,(H,27,28). The van der Waals surface area contributed by atoms with Gasteiger partial charge in [-0.05, 0) is 78.4 Å². The van der Waals surface area contributed by atoms with E-state index in [1.807, 2.05) is 44.3 Å². The normalized spacial score (nSPS) is 13.4.